The summed E-state index contributed by atoms with van der Waals surface area (Å²) >= 11 is 0. The number of rotatable bonds is 6. The lowest BCUT2D eigenvalue weighted by Crippen LogP contribution is -2.53. The molecule has 0 aliphatic heterocycles. The molecule has 4 atom stereocenters. The molecule has 1 aromatic rings. The number of carbonyl (C=O) groups excluding carboxylic acids is 3. The first kappa shape index (κ1) is 25.3. The number of anilines is 1. The van der Waals surface area contributed by atoms with Gasteiger partial charge in [-0.3, -0.25) is 14.4 Å². The van der Waals surface area contributed by atoms with Gasteiger partial charge in [0, 0.05) is 30.9 Å². The highest BCUT2D eigenvalue weighted by Crippen LogP contribution is 2.52. The number of likely N-dealkylation sites (N-methyl/N-ethyl adjacent to an activating group) is 1. The second kappa shape index (κ2) is 9.02. The monoisotopic (exact) mass is 494 g/mol. The molecule has 0 radical (unpaired) electrons. The number of allylic oxidation sites excluding steroid dienone is 3. The summed E-state index contributed by atoms with van der Waals surface area (Å²) < 4.78 is 0. The number of phenols is 1. The Morgan fingerprint density at radius 2 is 1.92 bits per heavy atom. The summed E-state index contributed by atoms with van der Waals surface area (Å²) in [7, 11) is 7.05. The lowest BCUT2D eigenvalue weighted by molar-refractivity contribution is -0.126. The number of phenolic OH excluding ortho intramolecular Hbond substituents is 1. The number of primary amides is 1. The van der Waals surface area contributed by atoms with E-state index in [0.717, 1.165) is 5.69 Å². The van der Waals surface area contributed by atoms with Gasteiger partial charge >= 0.3 is 0 Å². The molecule has 0 saturated carbocycles. The predicted octanol–water partition coefficient (Wildman–Crippen LogP) is 2.01. The number of hydrogen-bond donors (Lipinski definition) is 3. The number of hydrogen-bond acceptors (Lipinski definition) is 9. The number of nitrogens with two attached hydrogens (primary N) is 1. The third-order valence-electron chi connectivity index (χ3n) is 7.57. The number of aromatic hydroxyl groups is 1. The van der Waals surface area contributed by atoms with Crippen molar-refractivity contribution in [2.45, 2.75) is 25.3 Å². The van der Waals surface area contributed by atoms with Crippen molar-refractivity contribution in [1.29, 1.82) is 0 Å². The van der Waals surface area contributed by atoms with E-state index in [1.807, 2.05) is 25.1 Å². The molecule has 4 rings (SSSR count). The number of ketones is 2. The summed E-state index contributed by atoms with van der Waals surface area (Å²) in [4.78, 5) is 54.7. The Bertz CT molecular complexity index is 1280. The minimum Gasteiger partial charge on any atom is -0.511 e. The lowest BCUT2D eigenvalue weighted by Gasteiger charge is -2.46. The van der Waals surface area contributed by atoms with Crippen LogP contribution in [-0.4, -0.2) is 66.8 Å². The second-order valence-electron chi connectivity index (χ2n) is 10.0. The Kier molecular flexibility index (Phi) is 6.34. The van der Waals surface area contributed by atoms with Crippen molar-refractivity contribution in [3.63, 3.8) is 0 Å². The van der Waals surface area contributed by atoms with Crippen molar-refractivity contribution in [1.82, 2.24) is 4.90 Å². The van der Waals surface area contributed by atoms with Crippen molar-refractivity contribution >= 4 is 23.2 Å². The van der Waals surface area contributed by atoms with Crippen LogP contribution in [0.2, 0.25) is 0 Å². The van der Waals surface area contributed by atoms with E-state index in [2.05, 4.69) is 11.8 Å². The topological polar surface area (TPSA) is 154 Å². The molecule has 3 unspecified atom stereocenters. The lowest BCUT2D eigenvalue weighted by atomic mass is 9.60. The van der Waals surface area contributed by atoms with Gasteiger partial charge in [-0.25, -0.2) is 0 Å². The molecule has 0 aromatic heterocycles. The standard InChI is InChI=1S/C26H30N4O6/c1-6-7-11-10-15(29(2)3)13-8-12-9-14-18(24(33)16(12)23(32)17(13)22(11)31)25(34)19(26(27)35)20(28-36)21(14)30(4)5/h6,10,12,14,18,21,31,33H,1,7-9H2,2-5H3,(H2,27,35)/t12?,14?,18?,21-/m0/s1. The van der Waals surface area contributed by atoms with E-state index in [0.29, 0.717) is 24.0 Å². The predicted molar refractivity (Wildman–Crippen MR) is 134 cm³/mol. The zero-order valence-electron chi connectivity index (χ0n) is 20.7. The zero-order chi connectivity index (χ0) is 26.6. The molecule has 0 bridgehead atoms. The molecular formula is C26H30N4O6. The van der Waals surface area contributed by atoms with Crippen LogP contribution in [0, 0.1) is 22.7 Å². The fourth-order valence-electron chi connectivity index (χ4n) is 6.18. The van der Waals surface area contributed by atoms with E-state index >= 15 is 0 Å². The molecule has 10 nitrogen and oxygen atoms in total. The molecule has 3 aliphatic carbocycles. The van der Waals surface area contributed by atoms with Crippen molar-refractivity contribution in [3.8, 4) is 5.75 Å². The van der Waals surface area contributed by atoms with Gasteiger partial charge in [0.25, 0.3) is 5.91 Å². The number of fused-ring (bicyclic) bond motifs is 3. The number of aliphatic hydroxyl groups is 1. The molecule has 3 aliphatic rings. The van der Waals surface area contributed by atoms with Gasteiger partial charge in [-0.1, -0.05) is 6.08 Å². The normalized spacial score (nSPS) is 25.4. The molecule has 0 heterocycles. The maximum atomic E-state index is 13.8. The first-order valence-electron chi connectivity index (χ1n) is 11.7. The van der Waals surface area contributed by atoms with Gasteiger partial charge in [-0.2, -0.15) is 0 Å². The Morgan fingerprint density at radius 3 is 2.44 bits per heavy atom. The van der Waals surface area contributed by atoms with Gasteiger partial charge in [0.15, 0.2) is 11.6 Å². The average Bonchev–Trinajstić information content (AvgIpc) is 2.79. The summed E-state index contributed by atoms with van der Waals surface area (Å²) in [6.07, 6.45) is 2.58. The molecule has 36 heavy (non-hydrogen) atoms. The molecule has 190 valence electrons. The van der Waals surface area contributed by atoms with Crippen LogP contribution < -0.4 is 10.6 Å². The van der Waals surface area contributed by atoms with E-state index in [4.69, 9.17) is 5.73 Å². The smallest absolute Gasteiger partial charge is 0.254 e. The fraction of sp³-hybridized carbons (Fsp3) is 0.423. The summed E-state index contributed by atoms with van der Waals surface area (Å²) in [6, 6.07) is 1.07. The molecule has 1 amide bonds. The molecule has 0 fully saturated rings. The molecule has 10 heteroatoms. The minimum atomic E-state index is -1.23. The number of aliphatic hydroxyl groups excluding tert-OH is 1. The summed E-state index contributed by atoms with van der Waals surface area (Å²) in [6.45, 7) is 3.72. The van der Waals surface area contributed by atoms with Crippen molar-refractivity contribution in [3.05, 3.63) is 62.9 Å². The molecular weight excluding hydrogens is 464 g/mol. The van der Waals surface area contributed by atoms with Gasteiger partial charge in [0.1, 0.15) is 22.8 Å². The van der Waals surface area contributed by atoms with Gasteiger partial charge in [0.2, 0.25) is 0 Å². The van der Waals surface area contributed by atoms with Crippen LogP contribution in [0.4, 0.5) is 5.69 Å². The molecule has 4 N–H and O–H groups in total. The Morgan fingerprint density at radius 1 is 1.25 bits per heavy atom. The van der Waals surface area contributed by atoms with E-state index < -0.39 is 52.6 Å². The number of Topliss-reactive ketones (excluding diaryl/α,β-unsaturated/α-hetero) is 2. The number of carbonyl (C=O) groups is 3. The highest BCUT2D eigenvalue weighted by atomic mass is 16.3. The fourth-order valence-corrected chi connectivity index (χ4v) is 6.18. The van der Waals surface area contributed by atoms with E-state index in [1.54, 1.807) is 25.1 Å². The van der Waals surface area contributed by atoms with Gasteiger partial charge in [-0.15, -0.1) is 11.5 Å². The Labute approximate surface area is 208 Å². The first-order valence-corrected chi connectivity index (χ1v) is 11.7. The van der Waals surface area contributed by atoms with Gasteiger partial charge in [0.05, 0.1) is 17.5 Å². The van der Waals surface area contributed by atoms with E-state index in [1.165, 1.54) is 0 Å². The number of nitroso groups, excluding NO2 is 1. The van der Waals surface area contributed by atoms with Crippen LogP contribution in [0.3, 0.4) is 0 Å². The maximum absolute atomic E-state index is 13.8. The Hall–Kier alpha value is -3.79. The number of benzene rings is 1. The summed E-state index contributed by atoms with van der Waals surface area (Å²) in [5.41, 5.74) is 6.73. The van der Waals surface area contributed by atoms with Crippen LogP contribution >= 0.6 is 0 Å². The van der Waals surface area contributed by atoms with E-state index in [9.17, 15) is 29.5 Å². The summed E-state index contributed by atoms with van der Waals surface area (Å²) in [5.74, 6) is -5.39. The molecule has 0 spiro atoms. The Balaban J connectivity index is 1.95. The van der Waals surface area contributed by atoms with E-state index in [-0.39, 0.29) is 29.0 Å². The molecule has 0 saturated heterocycles. The quantitative estimate of drug-likeness (QED) is 0.308. The van der Waals surface area contributed by atoms with Crippen LogP contribution in [0.5, 0.6) is 5.75 Å². The van der Waals surface area contributed by atoms with Crippen LogP contribution in [0.1, 0.15) is 27.9 Å². The average molecular weight is 495 g/mol. The maximum Gasteiger partial charge on any atom is 0.254 e. The van der Waals surface area contributed by atoms with Gasteiger partial charge in [-0.05, 0) is 62.0 Å². The minimum absolute atomic E-state index is 0.0525. The first-order chi connectivity index (χ1) is 17.0. The highest BCUT2D eigenvalue weighted by molar-refractivity contribution is 6.22. The van der Waals surface area contributed by atoms with Crippen LogP contribution in [0.15, 0.2) is 46.5 Å². The van der Waals surface area contributed by atoms with Crippen LogP contribution in [0.25, 0.3) is 0 Å². The third-order valence-corrected chi connectivity index (χ3v) is 7.57. The zero-order valence-corrected chi connectivity index (χ0v) is 20.7. The molecule has 1 aromatic carbocycles. The van der Waals surface area contributed by atoms with Crippen molar-refractivity contribution < 1.29 is 24.6 Å². The van der Waals surface area contributed by atoms with Crippen molar-refractivity contribution in [2.75, 3.05) is 33.1 Å². The van der Waals surface area contributed by atoms with Crippen LogP contribution in [-0.2, 0) is 22.4 Å². The van der Waals surface area contributed by atoms with Gasteiger partial charge < -0.3 is 25.7 Å². The largest absolute Gasteiger partial charge is 0.511 e. The SMILES string of the molecule is C=CCc1cc(N(C)C)c2c(c1O)C(=O)C1=C(O)C3C(=O)C(C(N)=O)=C(N=O)[C@@H](N(C)C)C3CC1C2. The highest BCUT2D eigenvalue weighted by Gasteiger charge is 2.54. The number of amides is 1. The van der Waals surface area contributed by atoms with Crippen molar-refractivity contribution in [2.24, 2.45) is 28.7 Å². The second-order valence-corrected chi connectivity index (χ2v) is 10.0. The summed E-state index contributed by atoms with van der Waals surface area (Å²) in [5, 5.41) is 25.4. The number of nitrogens with zero attached hydrogens (tertiary/aromatic N) is 3. The third kappa shape index (κ3) is 3.55.